The van der Waals surface area contributed by atoms with Crippen molar-refractivity contribution in [1.29, 1.82) is 0 Å². The Bertz CT molecular complexity index is 482. The maximum Gasteiger partial charge on any atom is 0.278 e. The molecule has 0 spiro atoms. The molecule has 0 fully saturated rings. The van der Waals surface area contributed by atoms with E-state index in [1.807, 2.05) is 0 Å². The van der Waals surface area contributed by atoms with E-state index in [4.69, 9.17) is 0 Å². The predicted molar refractivity (Wildman–Crippen MR) is 43.7 cm³/mol. The lowest BCUT2D eigenvalue weighted by Crippen LogP contribution is -2.06. The Kier molecular flexibility index (Phi) is 1.26. The zero-order valence-electron chi connectivity index (χ0n) is 6.03. The largest absolute Gasteiger partial charge is 0.339 e. The number of H-pyrrole nitrogens is 2. The van der Waals surface area contributed by atoms with E-state index < -0.39 is 0 Å². The average Bonchev–Trinajstić information content (AvgIpc) is 2.52. The van der Waals surface area contributed by atoms with Crippen molar-refractivity contribution >= 4 is 23.8 Å². The first kappa shape index (κ1) is 6.71. The van der Waals surface area contributed by atoms with E-state index in [2.05, 4.69) is 31.6 Å². The molecular formula is C6H5N5O. The molecule has 0 saturated heterocycles. The molecule has 0 aliphatic rings. The predicted octanol–water partition coefficient (Wildman–Crippen LogP) is -0.0217. The van der Waals surface area contributed by atoms with Gasteiger partial charge in [-0.3, -0.25) is 9.78 Å². The zero-order chi connectivity index (χ0) is 8.55. The van der Waals surface area contributed by atoms with Crippen LogP contribution in [-0.4, -0.2) is 26.7 Å². The van der Waals surface area contributed by atoms with Gasteiger partial charge in [0, 0.05) is 0 Å². The van der Waals surface area contributed by atoms with E-state index in [0.717, 1.165) is 0 Å². The van der Waals surface area contributed by atoms with Crippen LogP contribution in [0, 0.1) is 0 Å². The summed E-state index contributed by atoms with van der Waals surface area (Å²) >= 11 is 0. The topological polar surface area (TPSA) is 86.8 Å². The van der Waals surface area contributed by atoms with Crippen LogP contribution in [0.25, 0.3) is 11.2 Å². The molecule has 0 unspecified atom stereocenters. The summed E-state index contributed by atoms with van der Waals surface area (Å²) in [6.07, 6.45) is 1.40. The molecule has 2 aromatic rings. The lowest BCUT2D eigenvalue weighted by atomic mass is 10.5. The summed E-state index contributed by atoms with van der Waals surface area (Å²) in [7, 11) is 0. The SMILES string of the molecule is C=Nc1nc2nc[nH]c2c(=O)[nH]1. The molecule has 6 heteroatoms. The first-order valence-corrected chi connectivity index (χ1v) is 3.21. The summed E-state index contributed by atoms with van der Waals surface area (Å²) in [6.45, 7) is 3.24. The monoisotopic (exact) mass is 163 g/mol. The highest BCUT2D eigenvalue weighted by atomic mass is 16.1. The maximum atomic E-state index is 11.2. The fraction of sp³-hybridized carbons (Fsp3) is 0. The number of hydrogen-bond donors (Lipinski definition) is 2. The van der Waals surface area contributed by atoms with E-state index in [1.54, 1.807) is 0 Å². The van der Waals surface area contributed by atoms with Crippen LogP contribution in [0.2, 0.25) is 0 Å². The molecule has 0 radical (unpaired) electrons. The second kappa shape index (κ2) is 2.26. The van der Waals surface area contributed by atoms with Crippen LogP contribution in [0.15, 0.2) is 16.1 Å². The fourth-order valence-electron chi connectivity index (χ4n) is 0.906. The molecule has 0 saturated carbocycles. The van der Waals surface area contributed by atoms with E-state index in [0.29, 0.717) is 11.2 Å². The van der Waals surface area contributed by atoms with Gasteiger partial charge in [-0.25, -0.2) is 9.98 Å². The first-order chi connectivity index (χ1) is 5.81. The molecule has 12 heavy (non-hydrogen) atoms. The molecule has 2 aromatic heterocycles. The highest BCUT2D eigenvalue weighted by Gasteiger charge is 2.02. The van der Waals surface area contributed by atoms with Crippen molar-refractivity contribution in [2.75, 3.05) is 0 Å². The number of nitrogens with one attached hydrogen (secondary N) is 2. The van der Waals surface area contributed by atoms with Gasteiger partial charge in [-0.2, -0.15) is 4.98 Å². The molecule has 0 aliphatic carbocycles. The molecule has 2 N–H and O–H groups in total. The van der Waals surface area contributed by atoms with Gasteiger partial charge in [-0.05, 0) is 6.72 Å². The Morgan fingerprint density at radius 1 is 1.58 bits per heavy atom. The highest BCUT2D eigenvalue weighted by molar-refractivity contribution is 5.69. The lowest BCUT2D eigenvalue weighted by Gasteiger charge is -1.89. The van der Waals surface area contributed by atoms with Crippen molar-refractivity contribution in [2.45, 2.75) is 0 Å². The molecule has 60 valence electrons. The number of aliphatic imine (C=N–C) groups is 1. The van der Waals surface area contributed by atoms with Gasteiger partial charge in [0.25, 0.3) is 5.56 Å². The van der Waals surface area contributed by atoms with Crippen LogP contribution in [0.1, 0.15) is 0 Å². The second-order valence-corrected chi connectivity index (χ2v) is 2.15. The number of imidazole rings is 1. The van der Waals surface area contributed by atoms with Crippen LogP contribution < -0.4 is 5.56 Å². The normalized spacial score (nSPS) is 10.3. The fourth-order valence-corrected chi connectivity index (χ4v) is 0.906. The zero-order valence-corrected chi connectivity index (χ0v) is 6.03. The summed E-state index contributed by atoms with van der Waals surface area (Å²) < 4.78 is 0. The molecule has 2 rings (SSSR count). The minimum absolute atomic E-state index is 0.180. The first-order valence-electron chi connectivity index (χ1n) is 3.21. The standard InChI is InChI=1S/C6H5N5O/c1-7-6-10-4-3(5(12)11-6)8-2-9-4/h2H,1H2,(H2,8,9,10,11,12). The summed E-state index contributed by atoms with van der Waals surface area (Å²) in [5, 5.41) is 0. The number of aromatic nitrogens is 4. The van der Waals surface area contributed by atoms with Crippen LogP contribution in [0.5, 0.6) is 0 Å². The molecular weight excluding hydrogens is 158 g/mol. The Hall–Kier alpha value is -1.98. The van der Waals surface area contributed by atoms with Gasteiger partial charge in [0.05, 0.1) is 6.33 Å². The van der Waals surface area contributed by atoms with E-state index in [1.165, 1.54) is 6.33 Å². The van der Waals surface area contributed by atoms with Gasteiger partial charge in [-0.15, -0.1) is 0 Å². The van der Waals surface area contributed by atoms with Crippen LogP contribution in [0.4, 0.5) is 5.95 Å². The summed E-state index contributed by atoms with van der Waals surface area (Å²) in [6, 6.07) is 0. The number of rotatable bonds is 1. The van der Waals surface area contributed by atoms with E-state index in [9.17, 15) is 4.79 Å². The van der Waals surface area contributed by atoms with Gasteiger partial charge >= 0.3 is 0 Å². The smallest absolute Gasteiger partial charge is 0.278 e. The highest BCUT2D eigenvalue weighted by Crippen LogP contribution is 2.03. The third kappa shape index (κ3) is 0.815. The Morgan fingerprint density at radius 2 is 2.42 bits per heavy atom. The molecule has 0 aromatic carbocycles. The van der Waals surface area contributed by atoms with Crippen molar-refractivity contribution in [1.82, 2.24) is 19.9 Å². The summed E-state index contributed by atoms with van der Waals surface area (Å²) in [5.74, 6) is 0.180. The molecule has 0 atom stereocenters. The third-order valence-electron chi connectivity index (χ3n) is 1.43. The van der Waals surface area contributed by atoms with Crippen molar-refractivity contribution in [3.63, 3.8) is 0 Å². The van der Waals surface area contributed by atoms with Gasteiger partial charge in [0.1, 0.15) is 0 Å². The van der Waals surface area contributed by atoms with E-state index in [-0.39, 0.29) is 11.5 Å². The quantitative estimate of drug-likeness (QED) is 0.579. The van der Waals surface area contributed by atoms with Crippen LogP contribution >= 0.6 is 0 Å². The Labute approximate surface area is 66.4 Å². The summed E-state index contributed by atoms with van der Waals surface area (Å²) in [4.78, 5) is 27.4. The molecule has 0 amide bonds. The average molecular weight is 163 g/mol. The van der Waals surface area contributed by atoms with Crippen LogP contribution in [0.3, 0.4) is 0 Å². The molecule has 0 bridgehead atoms. The number of aromatic amines is 2. The minimum Gasteiger partial charge on any atom is -0.339 e. The van der Waals surface area contributed by atoms with Gasteiger partial charge < -0.3 is 4.98 Å². The molecule has 0 aliphatic heterocycles. The van der Waals surface area contributed by atoms with Gasteiger partial charge in [0.15, 0.2) is 11.2 Å². The van der Waals surface area contributed by atoms with Crippen molar-refractivity contribution < 1.29 is 0 Å². The minimum atomic E-state index is -0.292. The van der Waals surface area contributed by atoms with Crippen molar-refractivity contribution in [3.05, 3.63) is 16.7 Å². The molecule has 6 nitrogen and oxygen atoms in total. The van der Waals surface area contributed by atoms with Gasteiger partial charge in [0.2, 0.25) is 5.95 Å². The second-order valence-electron chi connectivity index (χ2n) is 2.15. The summed E-state index contributed by atoms with van der Waals surface area (Å²) in [5.41, 5.74) is 0.406. The maximum absolute atomic E-state index is 11.2. The van der Waals surface area contributed by atoms with Crippen LogP contribution in [-0.2, 0) is 0 Å². The Morgan fingerprint density at radius 3 is 3.17 bits per heavy atom. The number of nitrogens with zero attached hydrogens (tertiary/aromatic N) is 3. The van der Waals surface area contributed by atoms with Crippen molar-refractivity contribution in [3.8, 4) is 0 Å². The van der Waals surface area contributed by atoms with Gasteiger partial charge in [-0.1, -0.05) is 0 Å². The molecule has 2 heterocycles. The van der Waals surface area contributed by atoms with E-state index >= 15 is 0 Å². The Balaban J connectivity index is 2.93. The number of fused-ring (bicyclic) bond motifs is 1. The number of hydrogen-bond acceptors (Lipinski definition) is 4. The lowest BCUT2D eigenvalue weighted by molar-refractivity contribution is 1.13. The van der Waals surface area contributed by atoms with Crippen molar-refractivity contribution in [2.24, 2.45) is 4.99 Å². The third-order valence-corrected chi connectivity index (χ3v) is 1.43.